The summed E-state index contributed by atoms with van der Waals surface area (Å²) in [5.74, 6) is 1.93. The number of ether oxygens (including phenoxy) is 1. The van der Waals surface area contributed by atoms with E-state index in [-0.39, 0.29) is 4.75 Å². The van der Waals surface area contributed by atoms with E-state index in [1.807, 2.05) is 23.9 Å². The molecule has 0 aliphatic carbocycles. The second-order valence-electron chi connectivity index (χ2n) is 4.86. The molecule has 0 bridgehead atoms. The standard InChI is InChI=1S/C14H24N2OS/c1-14(2,11-16-9-8-15)18-10-12-4-6-13(17-3)7-5-12/h4-7,16H,8-11,15H2,1-3H3. The van der Waals surface area contributed by atoms with Crippen LogP contribution in [0.4, 0.5) is 0 Å². The Morgan fingerprint density at radius 1 is 1.28 bits per heavy atom. The van der Waals surface area contributed by atoms with Crippen LogP contribution < -0.4 is 15.8 Å². The van der Waals surface area contributed by atoms with Crippen LogP contribution >= 0.6 is 11.8 Å². The zero-order valence-corrected chi connectivity index (χ0v) is 12.3. The second-order valence-corrected chi connectivity index (χ2v) is 6.54. The molecular weight excluding hydrogens is 244 g/mol. The van der Waals surface area contributed by atoms with Crippen molar-refractivity contribution in [2.75, 3.05) is 26.7 Å². The molecule has 4 heteroatoms. The molecule has 0 atom stereocenters. The van der Waals surface area contributed by atoms with E-state index < -0.39 is 0 Å². The average molecular weight is 268 g/mol. The number of hydrogen-bond donors (Lipinski definition) is 2. The van der Waals surface area contributed by atoms with Crippen LogP contribution in [0.25, 0.3) is 0 Å². The summed E-state index contributed by atoms with van der Waals surface area (Å²) in [6, 6.07) is 8.26. The first-order chi connectivity index (χ1) is 8.57. The van der Waals surface area contributed by atoms with E-state index in [0.717, 1.165) is 24.6 Å². The van der Waals surface area contributed by atoms with Gasteiger partial charge in [0, 0.05) is 30.1 Å². The summed E-state index contributed by atoms with van der Waals surface area (Å²) in [7, 11) is 1.69. The van der Waals surface area contributed by atoms with Crippen molar-refractivity contribution in [2.45, 2.75) is 24.3 Å². The Balaban J connectivity index is 2.37. The number of nitrogens with one attached hydrogen (secondary N) is 1. The van der Waals surface area contributed by atoms with Gasteiger partial charge in [-0.05, 0) is 31.5 Å². The maximum Gasteiger partial charge on any atom is 0.118 e. The number of methoxy groups -OCH3 is 1. The fourth-order valence-corrected chi connectivity index (χ4v) is 2.50. The number of thioether (sulfide) groups is 1. The predicted octanol–water partition coefficient (Wildman–Crippen LogP) is 2.26. The van der Waals surface area contributed by atoms with Gasteiger partial charge in [-0.2, -0.15) is 0 Å². The molecule has 3 N–H and O–H groups in total. The summed E-state index contributed by atoms with van der Waals surface area (Å²) < 4.78 is 5.37. The minimum Gasteiger partial charge on any atom is -0.497 e. The first-order valence-corrected chi connectivity index (χ1v) is 7.23. The molecule has 0 heterocycles. The largest absolute Gasteiger partial charge is 0.497 e. The number of benzene rings is 1. The minimum absolute atomic E-state index is 0.217. The maximum absolute atomic E-state index is 5.47. The molecule has 0 saturated carbocycles. The van der Waals surface area contributed by atoms with Crippen molar-refractivity contribution in [3.8, 4) is 5.75 Å². The van der Waals surface area contributed by atoms with Crippen LogP contribution in [0.15, 0.2) is 24.3 Å². The van der Waals surface area contributed by atoms with Crippen LogP contribution in [0.3, 0.4) is 0 Å². The maximum atomic E-state index is 5.47. The highest BCUT2D eigenvalue weighted by atomic mass is 32.2. The molecule has 0 radical (unpaired) electrons. The molecule has 18 heavy (non-hydrogen) atoms. The van der Waals surface area contributed by atoms with E-state index in [2.05, 4.69) is 31.3 Å². The van der Waals surface area contributed by atoms with Gasteiger partial charge in [0.05, 0.1) is 7.11 Å². The Morgan fingerprint density at radius 2 is 1.94 bits per heavy atom. The molecule has 0 aliphatic rings. The third-order valence-corrected chi connectivity index (χ3v) is 4.06. The molecule has 0 amide bonds. The van der Waals surface area contributed by atoms with Gasteiger partial charge in [0.1, 0.15) is 5.75 Å². The zero-order valence-electron chi connectivity index (χ0n) is 11.5. The lowest BCUT2D eigenvalue weighted by Crippen LogP contribution is -2.35. The smallest absolute Gasteiger partial charge is 0.118 e. The molecule has 3 nitrogen and oxygen atoms in total. The van der Waals surface area contributed by atoms with E-state index in [9.17, 15) is 0 Å². The first kappa shape index (κ1) is 15.3. The molecule has 0 saturated heterocycles. The van der Waals surface area contributed by atoms with Crippen molar-refractivity contribution < 1.29 is 4.74 Å². The Kier molecular flexibility index (Phi) is 6.54. The quantitative estimate of drug-likeness (QED) is 0.710. The van der Waals surface area contributed by atoms with Crippen molar-refractivity contribution in [1.82, 2.24) is 5.32 Å². The van der Waals surface area contributed by atoms with E-state index in [4.69, 9.17) is 10.5 Å². The molecule has 1 aromatic carbocycles. The van der Waals surface area contributed by atoms with Gasteiger partial charge in [0.25, 0.3) is 0 Å². The first-order valence-electron chi connectivity index (χ1n) is 6.25. The van der Waals surface area contributed by atoms with Crippen molar-refractivity contribution in [3.63, 3.8) is 0 Å². The lowest BCUT2D eigenvalue weighted by atomic mass is 10.2. The molecule has 0 aromatic heterocycles. The summed E-state index contributed by atoms with van der Waals surface area (Å²) in [6.07, 6.45) is 0. The van der Waals surface area contributed by atoms with E-state index in [1.165, 1.54) is 5.56 Å². The van der Waals surface area contributed by atoms with E-state index in [1.54, 1.807) is 7.11 Å². The number of hydrogen-bond acceptors (Lipinski definition) is 4. The van der Waals surface area contributed by atoms with Gasteiger partial charge in [-0.3, -0.25) is 0 Å². The van der Waals surface area contributed by atoms with Crippen LogP contribution in [0, 0.1) is 0 Å². The fourth-order valence-electron chi connectivity index (χ4n) is 1.54. The highest BCUT2D eigenvalue weighted by Crippen LogP contribution is 2.27. The van der Waals surface area contributed by atoms with Crippen molar-refractivity contribution in [3.05, 3.63) is 29.8 Å². The predicted molar refractivity (Wildman–Crippen MR) is 80.3 cm³/mol. The van der Waals surface area contributed by atoms with Crippen molar-refractivity contribution in [1.29, 1.82) is 0 Å². The zero-order chi connectivity index (χ0) is 13.4. The third kappa shape index (κ3) is 5.76. The summed E-state index contributed by atoms with van der Waals surface area (Å²) in [6.45, 7) is 7.06. The molecule has 102 valence electrons. The van der Waals surface area contributed by atoms with Gasteiger partial charge in [0.15, 0.2) is 0 Å². The molecule has 0 fully saturated rings. The van der Waals surface area contributed by atoms with Gasteiger partial charge in [-0.25, -0.2) is 0 Å². The average Bonchev–Trinajstić information content (AvgIpc) is 2.37. The monoisotopic (exact) mass is 268 g/mol. The third-order valence-electron chi connectivity index (χ3n) is 2.66. The fraction of sp³-hybridized carbons (Fsp3) is 0.571. The second kappa shape index (κ2) is 7.67. The van der Waals surface area contributed by atoms with Crippen LogP contribution in [-0.4, -0.2) is 31.5 Å². The Hall–Kier alpha value is -0.710. The Morgan fingerprint density at radius 3 is 2.50 bits per heavy atom. The minimum atomic E-state index is 0.217. The highest BCUT2D eigenvalue weighted by molar-refractivity contribution is 7.99. The lowest BCUT2D eigenvalue weighted by molar-refractivity contribution is 0.414. The molecule has 0 spiro atoms. The van der Waals surface area contributed by atoms with Gasteiger partial charge < -0.3 is 15.8 Å². The number of rotatable bonds is 8. The topological polar surface area (TPSA) is 47.3 Å². The van der Waals surface area contributed by atoms with Gasteiger partial charge in [0.2, 0.25) is 0 Å². The van der Waals surface area contributed by atoms with Crippen LogP contribution in [0.2, 0.25) is 0 Å². The summed E-state index contributed by atoms with van der Waals surface area (Å²) >= 11 is 1.95. The van der Waals surface area contributed by atoms with Gasteiger partial charge in [-0.15, -0.1) is 11.8 Å². The molecule has 0 unspecified atom stereocenters. The normalized spacial score (nSPS) is 11.6. The van der Waals surface area contributed by atoms with Crippen LogP contribution in [0.1, 0.15) is 19.4 Å². The van der Waals surface area contributed by atoms with Gasteiger partial charge >= 0.3 is 0 Å². The molecule has 1 rings (SSSR count). The Bertz CT molecular complexity index is 338. The van der Waals surface area contributed by atoms with Crippen LogP contribution in [-0.2, 0) is 5.75 Å². The van der Waals surface area contributed by atoms with Crippen LogP contribution in [0.5, 0.6) is 5.75 Å². The molecule has 0 aliphatic heterocycles. The van der Waals surface area contributed by atoms with E-state index in [0.29, 0.717) is 6.54 Å². The van der Waals surface area contributed by atoms with Crippen molar-refractivity contribution >= 4 is 11.8 Å². The summed E-state index contributed by atoms with van der Waals surface area (Å²) in [5.41, 5.74) is 6.80. The summed E-state index contributed by atoms with van der Waals surface area (Å²) in [4.78, 5) is 0. The van der Waals surface area contributed by atoms with Gasteiger partial charge in [-0.1, -0.05) is 12.1 Å². The van der Waals surface area contributed by atoms with E-state index >= 15 is 0 Å². The molecule has 1 aromatic rings. The summed E-state index contributed by atoms with van der Waals surface area (Å²) in [5, 5.41) is 3.36. The highest BCUT2D eigenvalue weighted by Gasteiger charge is 2.17. The van der Waals surface area contributed by atoms with Crippen molar-refractivity contribution in [2.24, 2.45) is 5.73 Å². The number of nitrogens with two attached hydrogens (primary N) is 1. The Labute approximate surface area is 114 Å². The molecular formula is C14H24N2OS. The lowest BCUT2D eigenvalue weighted by Gasteiger charge is -2.24. The SMILES string of the molecule is COc1ccc(CSC(C)(C)CNCCN)cc1.